The van der Waals surface area contributed by atoms with E-state index in [-0.39, 0.29) is 11.2 Å². The number of nitrogens with one attached hydrogen (secondary N) is 1. The van der Waals surface area contributed by atoms with Crippen molar-refractivity contribution in [3.63, 3.8) is 0 Å². The maximum atomic E-state index is 11.6. The third-order valence-corrected chi connectivity index (χ3v) is 6.67. The first kappa shape index (κ1) is 22.7. The number of methoxy groups -OCH3 is 3. The quantitative estimate of drug-likeness (QED) is 0.484. The fourth-order valence-corrected chi connectivity index (χ4v) is 5.06. The molecule has 3 aromatic rings. The summed E-state index contributed by atoms with van der Waals surface area (Å²) in [5, 5.41) is 2.92. The fourth-order valence-electron chi connectivity index (χ4n) is 3.85. The van der Waals surface area contributed by atoms with Crippen molar-refractivity contribution in [3.8, 4) is 17.2 Å². The van der Waals surface area contributed by atoms with Crippen LogP contribution >= 0.6 is 11.8 Å². The lowest BCUT2D eigenvalue weighted by Crippen LogP contribution is -2.09. The van der Waals surface area contributed by atoms with Gasteiger partial charge in [0.05, 0.1) is 27.0 Å². The van der Waals surface area contributed by atoms with Gasteiger partial charge >= 0.3 is 0 Å². The van der Waals surface area contributed by atoms with Crippen LogP contribution in [0.15, 0.2) is 70.6 Å². The van der Waals surface area contributed by atoms with Gasteiger partial charge in [0.15, 0.2) is 11.5 Å². The molecular weight excluding hydrogens is 436 g/mol. The predicted octanol–water partition coefficient (Wildman–Crippen LogP) is 6.03. The molecule has 1 N–H and O–H groups in total. The van der Waals surface area contributed by atoms with Gasteiger partial charge in [0.2, 0.25) is 11.7 Å². The molecule has 1 aliphatic rings. The van der Waals surface area contributed by atoms with Gasteiger partial charge in [-0.05, 0) is 47.5 Å². The number of fused-ring (bicyclic) bond motifs is 1. The summed E-state index contributed by atoms with van der Waals surface area (Å²) >= 11 is 1.76. The van der Waals surface area contributed by atoms with E-state index in [4.69, 9.17) is 19.2 Å². The summed E-state index contributed by atoms with van der Waals surface area (Å²) in [5.41, 5.74) is 4.64. The average molecular weight is 463 g/mol. The van der Waals surface area contributed by atoms with Crippen LogP contribution in [0.3, 0.4) is 0 Å². The van der Waals surface area contributed by atoms with E-state index in [9.17, 15) is 4.79 Å². The van der Waals surface area contributed by atoms with Crippen molar-refractivity contribution < 1.29 is 19.0 Å². The topological polar surface area (TPSA) is 69.2 Å². The molecule has 0 aromatic heterocycles. The van der Waals surface area contributed by atoms with E-state index in [1.807, 2.05) is 54.6 Å². The Bertz CT molecular complexity index is 1180. The largest absolute Gasteiger partial charge is 0.493 e. The van der Waals surface area contributed by atoms with Crippen LogP contribution in [0.1, 0.15) is 29.7 Å². The highest BCUT2D eigenvalue weighted by Crippen LogP contribution is 2.49. The Kier molecular flexibility index (Phi) is 6.89. The average Bonchev–Trinajstić information content (AvgIpc) is 3.02. The Balaban J connectivity index is 1.80. The number of rotatable bonds is 6. The molecule has 0 radical (unpaired) electrons. The third-order valence-electron chi connectivity index (χ3n) is 5.34. The minimum absolute atomic E-state index is 0.0607. The minimum atomic E-state index is -0.105. The highest BCUT2D eigenvalue weighted by Gasteiger charge is 2.25. The molecule has 3 aromatic carbocycles. The number of thioether (sulfide) groups is 1. The molecule has 0 saturated carbocycles. The van der Waals surface area contributed by atoms with Gasteiger partial charge in [-0.25, -0.2) is 0 Å². The number of hydrogen-bond acceptors (Lipinski definition) is 6. The summed E-state index contributed by atoms with van der Waals surface area (Å²) in [4.78, 5) is 17.7. The van der Waals surface area contributed by atoms with Gasteiger partial charge in [0.25, 0.3) is 0 Å². The van der Waals surface area contributed by atoms with E-state index < -0.39 is 0 Å². The molecule has 1 aliphatic heterocycles. The fraction of sp³-hybridized carbons (Fsp3) is 0.231. The van der Waals surface area contributed by atoms with Crippen LogP contribution in [0.4, 0.5) is 11.4 Å². The van der Waals surface area contributed by atoms with Crippen LogP contribution < -0.4 is 19.5 Å². The van der Waals surface area contributed by atoms with E-state index in [1.165, 1.54) is 6.92 Å². The van der Waals surface area contributed by atoms with Crippen molar-refractivity contribution in [2.24, 2.45) is 4.99 Å². The van der Waals surface area contributed by atoms with Crippen molar-refractivity contribution in [2.75, 3.05) is 26.6 Å². The summed E-state index contributed by atoms with van der Waals surface area (Å²) in [6, 6.07) is 19.9. The Labute approximate surface area is 198 Å². The van der Waals surface area contributed by atoms with Crippen LogP contribution in [0, 0.1) is 0 Å². The Morgan fingerprint density at radius 1 is 0.970 bits per heavy atom. The normalized spacial score (nSPS) is 15.0. The van der Waals surface area contributed by atoms with Gasteiger partial charge in [-0.2, -0.15) is 0 Å². The predicted molar refractivity (Wildman–Crippen MR) is 133 cm³/mol. The second kappa shape index (κ2) is 10.0. The van der Waals surface area contributed by atoms with Gasteiger partial charge in [-0.15, -0.1) is 11.8 Å². The number of hydrogen-bond donors (Lipinski definition) is 1. The van der Waals surface area contributed by atoms with Crippen LogP contribution in [0.5, 0.6) is 17.2 Å². The van der Waals surface area contributed by atoms with Crippen molar-refractivity contribution in [2.45, 2.75) is 23.5 Å². The Hall–Kier alpha value is -3.45. The third kappa shape index (κ3) is 4.98. The molecule has 0 fully saturated rings. The maximum absolute atomic E-state index is 11.6. The van der Waals surface area contributed by atoms with Crippen LogP contribution in [-0.2, 0) is 4.79 Å². The number of ether oxygens (including phenoxy) is 3. The first-order valence-corrected chi connectivity index (χ1v) is 11.4. The van der Waals surface area contributed by atoms with Crippen molar-refractivity contribution in [3.05, 3.63) is 71.8 Å². The molecule has 7 heteroatoms. The standard InChI is InChI=1S/C26H26N2O4S/c1-16(29)27-19-9-7-8-17(12-19)21-15-25(33-24-11-6-5-10-20(24)28-21)18-13-22(30-2)26(32-4)23(14-18)31-3/h5-14,25H,15H2,1-4H3,(H,27,29)/t25-/m0/s1. The summed E-state index contributed by atoms with van der Waals surface area (Å²) in [6.45, 7) is 1.50. The number of carbonyl (C=O) groups excluding carboxylic acids is 1. The summed E-state index contributed by atoms with van der Waals surface area (Å²) in [7, 11) is 4.84. The number of aliphatic imine (C=N–C) groups is 1. The zero-order chi connectivity index (χ0) is 23.4. The lowest BCUT2D eigenvalue weighted by atomic mass is 10.00. The number of amides is 1. The minimum Gasteiger partial charge on any atom is -0.493 e. The molecule has 4 rings (SSSR count). The zero-order valence-electron chi connectivity index (χ0n) is 19.0. The molecule has 0 bridgehead atoms. The molecular formula is C26H26N2O4S. The van der Waals surface area contributed by atoms with Crippen molar-refractivity contribution >= 4 is 34.8 Å². The monoisotopic (exact) mass is 462 g/mol. The molecule has 6 nitrogen and oxygen atoms in total. The zero-order valence-corrected chi connectivity index (χ0v) is 19.9. The molecule has 0 aliphatic carbocycles. The van der Waals surface area contributed by atoms with Crippen molar-refractivity contribution in [1.82, 2.24) is 0 Å². The number of anilines is 1. The lowest BCUT2D eigenvalue weighted by molar-refractivity contribution is -0.114. The Morgan fingerprint density at radius 2 is 1.70 bits per heavy atom. The SMILES string of the molecule is COc1cc([C@@H]2CC(c3cccc(NC(C)=O)c3)=Nc3ccccc3S2)cc(OC)c1OC. The molecule has 0 spiro atoms. The van der Waals surface area contributed by atoms with Crippen LogP contribution in [0.2, 0.25) is 0 Å². The van der Waals surface area contributed by atoms with E-state index >= 15 is 0 Å². The van der Waals surface area contributed by atoms with Crippen LogP contribution in [0.25, 0.3) is 0 Å². The second-order valence-corrected chi connectivity index (χ2v) is 8.80. The van der Waals surface area contributed by atoms with E-state index in [0.29, 0.717) is 23.7 Å². The van der Waals surface area contributed by atoms with Gasteiger partial charge in [0.1, 0.15) is 0 Å². The number of nitrogens with zero attached hydrogens (tertiary/aromatic N) is 1. The molecule has 0 saturated heterocycles. The molecule has 1 atom stereocenters. The van der Waals surface area contributed by atoms with Crippen LogP contribution in [-0.4, -0.2) is 32.9 Å². The van der Waals surface area contributed by atoms with Gasteiger partial charge in [0, 0.05) is 34.9 Å². The van der Waals surface area contributed by atoms with E-state index in [0.717, 1.165) is 33.1 Å². The van der Waals surface area contributed by atoms with E-state index in [2.05, 4.69) is 11.4 Å². The first-order chi connectivity index (χ1) is 16.0. The molecule has 0 unspecified atom stereocenters. The second-order valence-electron chi connectivity index (χ2n) is 7.56. The molecule has 1 heterocycles. The Morgan fingerprint density at radius 3 is 2.36 bits per heavy atom. The first-order valence-electron chi connectivity index (χ1n) is 10.5. The highest BCUT2D eigenvalue weighted by atomic mass is 32.2. The summed E-state index contributed by atoms with van der Waals surface area (Å²) in [5.74, 6) is 1.71. The summed E-state index contributed by atoms with van der Waals surface area (Å²) < 4.78 is 16.7. The number of benzene rings is 3. The molecule has 1 amide bonds. The number of carbonyl (C=O) groups is 1. The van der Waals surface area contributed by atoms with Crippen molar-refractivity contribution in [1.29, 1.82) is 0 Å². The summed E-state index contributed by atoms with van der Waals surface area (Å²) in [6.07, 6.45) is 0.682. The lowest BCUT2D eigenvalue weighted by Gasteiger charge is -2.20. The van der Waals surface area contributed by atoms with Gasteiger partial charge in [-0.1, -0.05) is 24.3 Å². The van der Waals surface area contributed by atoms with Gasteiger partial charge < -0.3 is 19.5 Å². The molecule has 33 heavy (non-hydrogen) atoms. The number of para-hydroxylation sites is 1. The maximum Gasteiger partial charge on any atom is 0.221 e. The van der Waals surface area contributed by atoms with Gasteiger partial charge in [-0.3, -0.25) is 9.79 Å². The van der Waals surface area contributed by atoms with E-state index in [1.54, 1.807) is 33.1 Å². The highest BCUT2D eigenvalue weighted by molar-refractivity contribution is 7.99. The smallest absolute Gasteiger partial charge is 0.221 e. The molecule has 170 valence electrons.